The molecular weight excluding hydrogens is 367 g/mol. The number of nitrogens with zero attached hydrogens (tertiary/aromatic N) is 1. The van der Waals surface area contributed by atoms with Crippen LogP contribution in [-0.2, 0) is 17.4 Å². The number of hydrogen-bond acceptors (Lipinski definition) is 3. The molecule has 3 N–H and O–H groups in total. The van der Waals surface area contributed by atoms with Crippen molar-refractivity contribution in [1.29, 1.82) is 0 Å². The Morgan fingerprint density at radius 2 is 2.04 bits per heavy atom. The van der Waals surface area contributed by atoms with Crippen LogP contribution in [-0.4, -0.2) is 19.0 Å². The van der Waals surface area contributed by atoms with Crippen LogP contribution in [0.4, 0.5) is 30.2 Å². The van der Waals surface area contributed by atoms with E-state index in [1.54, 1.807) is 0 Å². The second kappa shape index (κ2) is 7.07. The molecule has 0 unspecified atom stereocenters. The minimum absolute atomic E-state index is 0.00300. The fraction of sp³-hybridized carbons (Fsp3) is 0.278. The first-order chi connectivity index (χ1) is 12.3. The van der Waals surface area contributed by atoms with Crippen LogP contribution in [0, 0.1) is 0 Å². The molecule has 4 nitrogen and oxygen atoms in total. The average Bonchev–Trinajstić information content (AvgIpc) is 2.57. The summed E-state index contributed by atoms with van der Waals surface area (Å²) in [5, 5.41) is 2.52. The molecule has 2 aromatic rings. The lowest BCUT2D eigenvalue weighted by atomic mass is 10.00. The van der Waals surface area contributed by atoms with E-state index in [9.17, 15) is 18.0 Å². The predicted octanol–water partition coefficient (Wildman–Crippen LogP) is 4.33. The van der Waals surface area contributed by atoms with E-state index in [4.69, 9.17) is 17.3 Å². The van der Waals surface area contributed by atoms with Crippen molar-refractivity contribution in [3.63, 3.8) is 0 Å². The van der Waals surface area contributed by atoms with Gasteiger partial charge in [0.1, 0.15) is 0 Å². The minimum Gasteiger partial charge on any atom is -0.398 e. The van der Waals surface area contributed by atoms with E-state index in [0.29, 0.717) is 12.2 Å². The Morgan fingerprint density at radius 3 is 2.77 bits per heavy atom. The number of fused-ring (bicyclic) bond motifs is 1. The Morgan fingerprint density at radius 1 is 1.27 bits per heavy atom. The van der Waals surface area contributed by atoms with E-state index < -0.39 is 17.6 Å². The monoisotopic (exact) mass is 383 g/mol. The van der Waals surface area contributed by atoms with Gasteiger partial charge >= 0.3 is 6.18 Å². The summed E-state index contributed by atoms with van der Waals surface area (Å²) >= 11 is 5.92. The van der Waals surface area contributed by atoms with Crippen molar-refractivity contribution in [3.05, 3.63) is 52.5 Å². The highest BCUT2D eigenvalue weighted by atomic mass is 35.5. The Bertz CT molecular complexity index is 839. The highest BCUT2D eigenvalue weighted by Crippen LogP contribution is 2.34. The molecule has 8 heteroatoms. The Hall–Kier alpha value is -2.41. The van der Waals surface area contributed by atoms with Gasteiger partial charge in [-0.1, -0.05) is 17.7 Å². The van der Waals surface area contributed by atoms with Crippen LogP contribution in [0.1, 0.15) is 17.5 Å². The lowest BCUT2D eigenvalue weighted by Crippen LogP contribution is -2.37. The number of halogens is 4. The molecule has 0 atom stereocenters. The summed E-state index contributed by atoms with van der Waals surface area (Å²) in [7, 11) is 0. The second-order valence-electron chi connectivity index (χ2n) is 6.11. The molecule has 1 aliphatic rings. The van der Waals surface area contributed by atoms with E-state index in [-0.39, 0.29) is 17.3 Å². The molecule has 0 bridgehead atoms. The van der Waals surface area contributed by atoms with Crippen molar-refractivity contribution in [1.82, 2.24) is 0 Å². The number of amides is 1. The maximum Gasteiger partial charge on any atom is 0.416 e. The van der Waals surface area contributed by atoms with E-state index in [1.807, 2.05) is 23.1 Å². The van der Waals surface area contributed by atoms with Crippen molar-refractivity contribution in [3.8, 4) is 0 Å². The zero-order valence-electron chi connectivity index (χ0n) is 13.7. The molecule has 0 aromatic heterocycles. The molecular formula is C18H17ClF3N3O. The zero-order valence-corrected chi connectivity index (χ0v) is 14.5. The largest absolute Gasteiger partial charge is 0.416 e. The number of nitrogens with two attached hydrogens (primary N) is 1. The number of hydrogen-bond donors (Lipinski definition) is 2. The number of carbonyl (C=O) groups excluding carboxylic acids is 1. The molecule has 0 saturated heterocycles. The SMILES string of the molecule is Nc1cccc2c1CCCN2CC(=O)Nc1cc(C(F)(F)F)ccc1Cl. The van der Waals surface area contributed by atoms with E-state index in [1.165, 1.54) is 0 Å². The Kier molecular flexibility index (Phi) is 5.00. The zero-order chi connectivity index (χ0) is 18.9. The van der Waals surface area contributed by atoms with Crippen molar-refractivity contribution >= 4 is 34.6 Å². The third-order valence-electron chi connectivity index (χ3n) is 4.29. The summed E-state index contributed by atoms with van der Waals surface area (Å²) in [5.41, 5.74) is 7.60. The van der Waals surface area contributed by atoms with Gasteiger partial charge in [-0.25, -0.2) is 0 Å². The second-order valence-corrected chi connectivity index (χ2v) is 6.52. The fourth-order valence-electron chi connectivity index (χ4n) is 3.05. The third-order valence-corrected chi connectivity index (χ3v) is 4.61. The number of anilines is 3. The molecule has 0 saturated carbocycles. The summed E-state index contributed by atoms with van der Waals surface area (Å²) in [6, 6.07) is 8.34. The van der Waals surface area contributed by atoms with Crippen LogP contribution in [0.3, 0.4) is 0 Å². The van der Waals surface area contributed by atoms with Crippen LogP contribution < -0.4 is 16.0 Å². The van der Waals surface area contributed by atoms with E-state index >= 15 is 0 Å². The standard InChI is InChI=1S/C18H17ClF3N3O/c19-13-7-6-11(18(20,21)22)9-15(13)24-17(26)10-25-8-2-3-12-14(23)4-1-5-16(12)25/h1,4-7,9H,2-3,8,10,23H2,(H,24,26). The van der Waals surface area contributed by atoms with Gasteiger partial charge in [0.15, 0.2) is 0 Å². The number of carbonyl (C=O) groups is 1. The normalized spacial score (nSPS) is 14.1. The average molecular weight is 384 g/mol. The quantitative estimate of drug-likeness (QED) is 0.775. The van der Waals surface area contributed by atoms with Gasteiger partial charge in [0, 0.05) is 17.9 Å². The van der Waals surface area contributed by atoms with Gasteiger partial charge in [0.2, 0.25) is 5.91 Å². The van der Waals surface area contributed by atoms with Gasteiger partial charge < -0.3 is 16.0 Å². The molecule has 0 fully saturated rings. The number of rotatable bonds is 3. The van der Waals surface area contributed by atoms with Crippen molar-refractivity contribution in [2.45, 2.75) is 19.0 Å². The van der Waals surface area contributed by atoms with Gasteiger partial charge in [-0.2, -0.15) is 13.2 Å². The van der Waals surface area contributed by atoms with Gasteiger partial charge in [0.25, 0.3) is 0 Å². The molecule has 1 aliphatic heterocycles. The van der Waals surface area contributed by atoms with Crippen molar-refractivity contribution in [2.24, 2.45) is 0 Å². The first-order valence-corrected chi connectivity index (χ1v) is 8.42. The maximum atomic E-state index is 12.8. The number of benzene rings is 2. The number of nitrogen functional groups attached to an aromatic ring is 1. The van der Waals surface area contributed by atoms with Crippen LogP contribution in [0.2, 0.25) is 5.02 Å². The lowest BCUT2D eigenvalue weighted by molar-refractivity contribution is -0.137. The topological polar surface area (TPSA) is 58.4 Å². The van der Waals surface area contributed by atoms with Crippen LogP contribution in [0.15, 0.2) is 36.4 Å². The lowest BCUT2D eigenvalue weighted by Gasteiger charge is -2.31. The molecule has 1 heterocycles. The number of alkyl halides is 3. The first-order valence-electron chi connectivity index (χ1n) is 8.04. The molecule has 3 rings (SSSR count). The molecule has 0 radical (unpaired) electrons. The van der Waals surface area contributed by atoms with Crippen molar-refractivity contribution in [2.75, 3.05) is 29.0 Å². The van der Waals surface area contributed by atoms with E-state index in [0.717, 1.165) is 42.3 Å². The van der Waals surface area contributed by atoms with Crippen LogP contribution in [0.25, 0.3) is 0 Å². The molecule has 0 spiro atoms. The maximum absolute atomic E-state index is 12.8. The van der Waals surface area contributed by atoms with Crippen molar-refractivity contribution < 1.29 is 18.0 Å². The molecule has 2 aromatic carbocycles. The summed E-state index contributed by atoms with van der Waals surface area (Å²) in [6.45, 7) is 0.670. The Balaban J connectivity index is 1.76. The van der Waals surface area contributed by atoms with Gasteiger partial charge in [0.05, 0.1) is 22.8 Å². The molecule has 0 aliphatic carbocycles. The van der Waals surface area contributed by atoms with Gasteiger partial charge in [-0.05, 0) is 48.7 Å². The number of nitrogens with one attached hydrogen (secondary N) is 1. The molecule has 26 heavy (non-hydrogen) atoms. The van der Waals surface area contributed by atoms with Gasteiger partial charge in [-0.15, -0.1) is 0 Å². The predicted molar refractivity (Wildman–Crippen MR) is 96.5 cm³/mol. The van der Waals surface area contributed by atoms with Gasteiger partial charge in [-0.3, -0.25) is 4.79 Å². The highest BCUT2D eigenvalue weighted by Gasteiger charge is 2.31. The smallest absolute Gasteiger partial charge is 0.398 e. The minimum atomic E-state index is -4.51. The van der Waals surface area contributed by atoms with Crippen LogP contribution >= 0.6 is 11.6 Å². The summed E-state index contributed by atoms with van der Waals surface area (Å²) in [5.74, 6) is -0.443. The summed E-state index contributed by atoms with van der Waals surface area (Å²) in [6.07, 6.45) is -2.83. The van der Waals surface area contributed by atoms with Crippen LogP contribution in [0.5, 0.6) is 0 Å². The fourth-order valence-corrected chi connectivity index (χ4v) is 3.22. The third kappa shape index (κ3) is 3.88. The Labute approximate surface area is 153 Å². The summed E-state index contributed by atoms with van der Waals surface area (Å²) < 4.78 is 38.5. The molecule has 138 valence electrons. The first kappa shape index (κ1) is 18.4. The molecule has 1 amide bonds. The van der Waals surface area contributed by atoms with E-state index in [2.05, 4.69) is 5.32 Å². The highest BCUT2D eigenvalue weighted by molar-refractivity contribution is 6.33. The summed E-state index contributed by atoms with van der Waals surface area (Å²) in [4.78, 5) is 14.2.